The molecule has 0 aromatic heterocycles. The van der Waals surface area contributed by atoms with Crippen molar-refractivity contribution in [2.75, 3.05) is 26.1 Å². The summed E-state index contributed by atoms with van der Waals surface area (Å²) in [6, 6.07) is 2.37. The molecule has 1 aromatic carbocycles. The molecule has 0 aliphatic heterocycles. The SMILES string of the molecule is C#CC(=[NH2+])c1cc(F)c(OCC(COC(=O)OC(C)(C)C)OC)cc1N. The second-order valence-corrected chi connectivity index (χ2v) is 6.37. The largest absolute Gasteiger partial charge is 0.508 e. The van der Waals surface area contributed by atoms with Crippen LogP contribution in [0.2, 0.25) is 0 Å². The molecular weight excluding hydrogens is 343 g/mol. The predicted octanol–water partition coefficient (Wildman–Crippen LogP) is 0.935. The first kappa shape index (κ1) is 21.3. The number of terminal acetylenes is 1. The van der Waals surface area contributed by atoms with Crippen molar-refractivity contribution in [3.8, 4) is 18.1 Å². The Kier molecular flexibility index (Phi) is 7.41. The van der Waals surface area contributed by atoms with Crippen molar-refractivity contribution in [3.63, 3.8) is 0 Å². The number of anilines is 1. The highest BCUT2D eigenvalue weighted by Gasteiger charge is 2.20. The molecule has 0 aliphatic carbocycles. The molecule has 0 saturated carbocycles. The zero-order chi connectivity index (χ0) is 19.9. The monoisotopic (exact) mass is 367 g/mol. The Bertz CT molecular complexity index is 707. The van der Waals surface area contributed by atoms with Crippen molar-refractivity contribution in [1.82, 2.24) is 0 Å². The summed E-state index contributed by atoms with van der Waals surface area (Å²) in [5.41, 5.74) is 5.55. The van der Waals surface area contributed by atoms with E-state index >= 15 is 0 Å². The van der Waals surface area contributed by atoms with Gasteiger partial charge in [-0.15, -0.1) is 6.42 Å². The van der Waals surface area contributed by atoms with Crippen LogP contribution in [0.5, 0.6) is 5.75 Å². The molecule has 0 fully saturated rings. The highest BCUT2D eigenvalue weighted by atomic mass is 19.1. The molecular formula is C18H24FN2O5+. The zero-order valence-electron chi connectivity index (χ0n) is 15.3. The number of carbonyl (C=O) groups is 1. The minimum absolute atomic E-state index is 0.0217. The Morgan fingerprint density at radius 3 is 2.58 bits per heavy atom. The minimum atomic E-state index is -0.834. The number of carbonyl (C=O) groups excluding carboxylic acids is 1. The van der Waals surface area contributed by atoms with Crippen molar-refractivity contribution in [2.45, 2.75) is 32.5 Å². The van der Waals surface area contributed by atoms with Crippen LogP contribution < -0.4 is 15.9 Å². The highest BCUT2D eigenvalue weighted by molar-refractivity contribution is 6.11. The summed E-state index contributed by atoms with van der Waals surface area (Å²) in [6.45, 7) is 4.94. The third-order valence-corrected chi connectivity index (χ3v) is 3.08. The molecule has 142 valence electrons. The third-order valence-electron chi connectivity index (χ3n) is 3.08. The summed E-state index contributed by atoms with van der Waals surface area (Å²) in [7, 11) is 1.41. The topological polar surface area (TPSA) is 106 Å². The van der Waals surface area contributed by atoms with Crippen LogP contribution in [0, 0.1) is 18.2 Å². The molecule has 1 atom stereocenters. The van der Waals surface area contributed by atoms with Gasteiger partial charge in [0, 0.05) is 13.2 Å². The van der Waals surface area contributed by atoms with Crippen molar-refractivity contribution < 1.29 is 33.5 Å². The summed E-state index contributed by atoms with van der Waals surface area (Å²) in [6.07, 6.45) is 3.72. The molecule has 4 N–H and O–H groups in total. The van der Waals surface area contributed by atoms with E-state index in [4.69, 9.17) is 36.5 Å². The Balaban J connectivity index is 2.66. The first-order valence-corrected chi connectivity index (χ1v) is 7.77. The van der Waals surface area contributed by atoms with Gasteiger partial charge in [0.1, 0.15) is 24.9 Å². The van der Waals surface area contributed by atoms with E-state index in [-0.39, 0.29) is 35.9 Å². The van der Waals surface area contributed by atoms with Gasteiger partial charge in [-0.2, -0.15) is 0 Å². The summed E-state index contributed by atoms with van der Waals surface area (Å²) < 4.78 is 34.6. The molecule has 0 aliphatic rings. The van der Waals surface area contributed by atoms with Crippen molar-refractivity contribution in [2.24, 2.45) is 0 Å². The van der Waals surface area contributed by atoms with E-state index in [1.54, 1.807) is 20.8 Å². The molecule has 0 amide bonds. The van der Waals surface area contributed by atoms with Gasteiger partial charge in [-0.05, 0) is 32.8 Å². The number of methoxy groups -OCH3 is 1. The average molecular weight is 367 g/mol. The van der Waals surface area contributed by atoms with Crippen LogP contribution in [0.4, 0.5) is 14.9 Å². The number of hydrogen-bond acceptors (Lipinski definition) is 6. The summed E-state index contributed by atoms with van der Waals surface area (Å²) in [4.78, 5) is 11.5. The smallest absolute Gasteiger partial charge is 0.488 e. The van der Waals surface area contributed by atoms with Gasteiger partial charge in [0.05, 0.1) is 11.3 Å². The van der Waals surface area contributed by atoms with Gasteiger partial charge in [0.25, 0.3) is 5.71 Å². The fourth-order valence-corrected chi connectivity index (χ4v) is 1.80. The van der Waals surface area contributed by atoms with Gasteiger partial charge in [-0.3, -0.25) is 0 Å². The van der Waals surface area contributed by atoms with Crippen LogP contribution in [0.1, 0.15) is 26.3 Å². The molecule has 0 spiro atoms. The first-order valence-electron chi connectivity index (χ1n) is 7.77. The molecule has 1 rings (SSSR count). The van der Waals surface area contributed by atoms with E-state index in [9.17, 15) is 9.18 Å². The molecule has 7 nitrogen and oxygen atoms in total. The fraction of sp³-hybridized carbons (Fsp3) is 0.444. The molecule has 0 radical (unpaired) electrons. The minimum Gasteiger partial charge on any atom is -0.488 e. The van der Waals surface area contributed by atoms with E-state index < -0.39 is 23.7 Å². The quantitative estimate of drug-likeness (QED) is 0.322. The van der Waals surface area contributed by atoms with Crippen molar-refractivity contribution in [1.29, 1.82) is 0 Å². The van der Waals surface area contributed by atoms with Crippen LogP contribution in [0.3, 0.4) is 0 Å². The Morgan fingerprint density at radius 1 is 1.38 bits per heavy atom. The number of ether oxygens (including phenoxy) is 4. The number of benzene rings is 1. The van der Waals surface area contributed by atoms with Gasteiger partial charge in [-0.1, -0.05) is 0 Å². The van der Waals surface area contributed by atoms with E-state index in [2.05, 4.69) is 5.92 Å². The maximum atomic E-state index is 14.1. The van der Waals surface area contributed by atoms with Crippen LogP contribution in [0.15, 0.2) is 12.1 Å². The third kappa shape index (κ3) is 6.61. The standard InChI is InChI=1S/C18H23FN2O5/c1-6-14(20)12-7-13(19)16(8-15(12)21)24-9-11(23-5)10-25-17(22)26-18(2,3)4/h1,7-8,11,20H,9-10,21H2,2-5H3/p+1. The highest BCUT2D eigenvalue weighted by Crippen LogP contribution is 2.24. The Labute approximate surface area is 152 Å². The van der Waals surface area contributed by atoms with Crippen LogP contribution in [-0.2, 0) is 14.2 Å². The fourth-order valence-electron chi connectivity index (χ4n) is 1.80. The molecule has 0 heterocycles. The molecule has 0 saturated heterocycles. The number of nitrogens with two attached hydrogens (primary N) is 2. The molecule has 26 heavy (non-hydrogen) atoms. The number of halogens is 1. The Morgan fingerprint density at radius 2 is 2.04 bits per heavy atom. The van der Waals surface area contributed by atoms with Crippen LogP contribution in [-0.4, -0.2) is 43.9 Å². The number of rotatable bonds is 7. The summed E-state index contributed by atoms with van der Waals surface area (Å²) >= 11 is 0. The van der Waals surface area contributed by atoms with E-state index in [1.165, 1.54) is 13.2 Å². The molecule has 8 heteroatoms. The normalized spacial score (nSPS) is 12.0. The van der Waals surface area contributed by atoms with E-state index in [0.29, 0.717) is 0 Å². The first-order chi connectivity index (χ1) is 12.1. The summed E-state index contributed by atoms with van der Waals surface area (Å²) in [5, 5.41) is 5.58. The van der Waals surface area contributed by atoms with Crippen LogP contribution >= 0.6 is 0 Å². The van der Waals surface area contributed by atoms with Gasteiger partial charge >= 0.3 is 6.16 Å². The van der Waals surface area contributed by atoms with Crippen LogP contribution in [0.25, 0.3) is 0 Å². The van der Waals surface area contributed by atoms with Gasteiger partial charge < -0.3 is 24.7 Å². The lowest BCUT2D eigenvalue weighted by atomic mass is 10.1. The second-order valence-electron chi connectivity index (χ2n) is 6.37. The van der Waals surface area contributed by atoms with Crippen molar-refractivity contribution >= 4 is 17.6 Å². The number of hydrogen-bond donors (Lipinski definition) is 2. The molecule has 0 bridgehead atoms. The maximum absolute atomic E-state index is 14.1. The number of nitrogen functional groups attached to an aromatic ring is 1. The lowest BCUT2D eigenvalue weighted by Gasteiger charge is -2.21. The lowest BCUT2D eigenvalue weighted by Crippen LogP contribution is -2.39. The predicted molar refractivity (Wildman–Crippen MR) is 94.2 cm³/mol. The summed E-state index contributed by atoms with van der Waals surface area (Å²) in [5.74, 6) is 1.41. The average Bonchev–Trinajstić information content (AvgIpc) is 2.55. The molecule has 1 unspecified atom stereocenters. The zero-order valence-corrected chi connectivity index (χ0v) is 15.3. The lowest BCUT2D eigenvalue weighted by molar-refractivity contribution is -0.110. The van der Waals surface area contributed by atoms with E-state index in [1.807, 2.05) is 0 Å². The van der Waals surface area contributed by atoms with E-state index in [0.717, 1.165) is 6.07 Å². The van der Waals surface area contributed by atoms with Gasteiger partial charge in [0.2, 0.25) is 0 Å². The Hall–Kier alpha value is -2.79. The van der Waals surface area contributed by atoms with Gasteiger partial charge in [0.15, 0.2) is 11.6 Å². The maximum Gasteiger partial charge on any atom is 0.508 e. The van der Waals surface area contributed by atoms with Crippen molar-refractivity contribution in [3.05, 3.63) is 23.5 Å². The molecule has 1 aromatic rings. The van der Waals surface area contributed by atoms with Gasteiger partial charge in [-0.25, -0.2) is 14.6 Å². The second kappa shape index (κ2) is 9.06.